The van der Waals surface area contributed by atoms with Crippen molar-refractivity contribution >= 4 is 35.0 Å². The van der Waals surface area contributed by atoms with Gasteiger partial charge in [-0.15, -0.1) is 0 Å². The zero-order valence-corrected chi connectivity index (χ0v) is 16.3. The number of rotatable bonds is 8. The molecule has 0 aliphatic carbocycles. The van der Waals surface area contributed by atoms with Crippen LogP contribution in [0.15, 0.2) is 60.8 Å². The van der Waals surface area contributed by atoms with Gasteiger partial charge in [0.05, 0.1) is 18.2 Å². The molecule has 2 amide bonds. The lowest BCUT2D eigenvalue weighted by molar-refractivity contribution is -0.114. The minimum Gasteiger partial charge on any atom is -0.394 e. The fraction of sp³-hybridized carbons (Fsp3) is 0.143. The SMILES string of the molecule is CC(=O)Nc1cccc(Nc2ncc(C(N)=O)c(NC(CO)c3ccccc3)n2)c1. The third-order valence-corrected chi connectivity index (χ3v) is 4.19. The summed E-state index contributed by atoms with van der Waals surface area (Å²) in [7, 11) is 0. The molecule has 9 heteroatoms. The molecule has 1 unspecified atom stereocenters. The Bertz CT molecular complexity index is 1040. The smallest absolute Gasteiger partial charge is 0.254 e. The Morgan fingerprint density at radius 1 is 1.10 bits per heavy atom. The zero-order valence-electron chi connectivity index (χ0n) is 16.3. The van der Waals surface area contributed by atoms with Crippen molar-refractivity contribution in [1.82, 2.24) is 9.97 Å². The third kappa shape index (κ3) is 5.30. The summed E-state index contributed by atoms with van der Waals surface area (Å²) in [5.41, 5.74) is 7.64. The maximum absolute atomic E-state index is 11.8. The van der Waals surface area contributed by atoms with Crippen LogP contribution < -0.4 is 21.7 Å². The number of anilines is 4. The van der Waals surface area contributed by atoms with Crippen LogP contribution in [0.2, 0.25) is 0 Å². The molecule has 0 bridgehead atoms. The summed E-state index contributed by atoms with van der Waals surface area (Å²) in [6.07, 6.45) is 1.32. The van der Waals surface area contributed by atoms with Crippen LogP contribution >= 0.6 is 0 Å². The number of aromatic nitrogens is 2. The Kier molecular flexibility index (Phi) is 6.56. The molecule has 0 fully saturated rings. The number of primary amides is 1. The number of hydrogen-bond donors (Lipinski definition) is 5. The van der Waals surface area contributed by atoms with Crippen LogP contribution in [-0.4, -0.2) is 33.5 Å². The van der Waals surface area contributed by atoms with E-state index in [-0.39, 0.29) is 29.8 Å². The number of nitrogens with one attached hydrogen (secondary N) is 3. The van der Waals surface area contributed by atoms with Gasteiger partial charge in [-0.3, -0.25) is 9.59 Å². The van der Waals surface area contributed by atoms with Crippen molar-refractivity contribution in [3.63, 3.8) is 0 Å². The Balaban J connectivity index is 1.87. The number of hydrogen-bond acceptors (Lipinski definition) is 7. The molecule has 2 aromatic carbocycles. The standard InChI is InChI=1S/C21H22N6O3/c1-13(29)24-15-8-5-9-16(10-15)25-21-23-11-17(19(22)30)20(27-21)26-18(12-28)14-6-3-2-4-7-14/h2-11,18,28H,12H2,1H3,(H2,22,30)(H,24,29)(H2,23,25,26,27). The lowest BCUT2D eigenvalue weighted by atomic mass is 10.1. The summed E-state index contributed by atoms with van der Waals surface area (Å²) < 4.78 is 0. The molecule has 0 aliphatic heterocycles. The van der Waals surface area contributed by atoms with Crippen molar-refractivity contribution in [3.8, 4) is 0 Å². The van der Waals surface area contributed by atoms with E-state index >= 15 is 0 Å². The largest absolute Gasteiger partial charge is 0.394 e. The van der Waals surface area contributed by atoms with Crippen LogP contribution in [0.5, 0.6) is 0 Å². The van der Waals surface area contributed by atoms with Gasteiger partial charge in [0.15, 0.2) is 0 Å². The van der Waals surface area contributed by atoms with E-state index in [1.165, 1.54) is 13.1 Å². The number of carbonyl (C=O) groups is 2. The molecule has 3 aromatic rings. The van der Waals surface area contributed by atoms with Gasteiger partial charge in [-0.25, -0.2) is 4.98 Å². The second-order valence-corrected chi connectivity index (χ2v) is 6.50. The van der Waals surface area contributed by atoms with Crippen molar-refractivity contribution in [1.29, 1.82) is 0 Å². The molecule has 0 aliphatic rings. The highest BCUT2D eigenvalue weighted by atomic mass is 16.3. The first-order valence-corrected chi connectivity index (χ1v) is 9.20. The van der Waals surface area contributed by atoms with Gasteiger partial charge in [0, 0.05) is 24.5 Å². The molecule has 30 heavy (non-hydrogen) atoms. The van der Waals surface area contributed by atoms with Gasteiger partial charge in [-0.2, -0.15) is 4.98 Å². The van der Waals surface area contributed by atoms with Gasteiger partial charge < -0.3 is 26.8 Å². The Labute approximate surface area is 173 Å². The predicted molar refractivity (Wildman–Crippen MR) is 114 cm³/mol. The van der Waals surface area contributed by atoms with Crippen molar-refractivity contribution in [2.45, 2.75) is 13.0 Å². The minimum atomic E-state index is -0.693. The van der Waals surface area contributed by atoms with E-state index in [0.717, 1.165) is 5.56 Å². The molecule has 0 saturated heterocycles. The molecule has 3 rings (SSSR count). The molecule has 154 valence electrons. The second kappa shape index (κ2) is 9.48. The van der Waals surface area contributed by atoms with Crippen LogP contribution in [0.4, 0.5) is 23.1 Å². The molecular weight excluding hydrogens is 384 g/mol. The van der Waals surface area contributed by atoms with E-state index in [9.17, 15) is 14.7 Å². The summed E-state index contributed by atoms with van der Waals surface area (Å²) in [5, 5.41) is 18.6. The van der Waals surface area contributed by atoms with Crippen LogP contribution in [0, 0.1) is 0 Å². The van der Waals surface area contributed by atoms with Crippen molar-refractivity contribution < 1.29 is 14.7 Å². The highest BCUT2D eigenvalue weighted by Gasteiger charge is 2.17. The second-order valence-electron chi connectivity index (χ2n) is 6.50. The topological polar surface area (TPSA) is 142 Å². The molecule has 0 spiro atoms. The van der Waals surface area contributed by atoms with Gasteiger partial charge in [0.2, 0.25) is 11.9 Å². The normalized spacial score (nSPS) is 11.4. The van der Waals surface area contributed by atoms with E-state index in [4.69, 9.17) is 5.73 Å². The van der Waals surface area contributed by atoms with Crippen molar-refractivity contribution in [2.24, 2.45) is 5.73 Å². The summed E-state index contributed by atoms with van der Waals surface area (Å²) in [4.78, 5) is 31.6. The third-order valence-electron chi connectivity index (χ3n) is 4.19. The zero-order chi connectivity index (χ0) is 21.5. The first-order valence-electron chi connectivity index (χ1n) is 9.20. The summed E-state index contributed by atoms with van der Waals surface area (Å²) >= 11 is 0. The van der Waals surface area contributed by atoms with E-state index in [1.54, 1.807) is 24.3 Å². The highest BCUT2D eigenvalue weighted by molar-refractivity contribution is 5.97. The minimum absolute atomic E-state index is 0.0990. The number of nitrogens with two attached hydrogens (primary N) is 1. The number of aliphatic hydroxyl groups excluding tert-OH is 1. The van der Waals surface area contributed by atoms with Gasteiger partial charge in [-0.05, 0) is 23.8 Å². The maximum atomic E-state index is 11.8. The van der Waals surface area contributed by atoms with Crippen molar-refractivity contribution in [2.75, 3.05) is 22.6 Å². The number of carbonyl (C=O) groups excluding carboxylic acids is 2. The molecule has 1 atom stereocenters. The number of amides is 2. The maximum Gasteiger partial charge on any atom is 0.254 e. The predicted octanol–water partition coefficient (Wildman–Crippen LogP) is 2.42. The van der Waals surface area contributed by atoms with E-state index in [1.807, 2.05) is 30.3 Å². The van der Waals surface area contributed by atoms with Gasteiger partial charge in [0.25, 0.3) is 5.91 Å². The quantitative estimate of drug-likeness (QED) is 0.387. The Morgan fingerprint density at radius 2 is 1.83 bits per heavy atom. The van der Waals surface area contributed by atoms with E-state index in [0.29, 0.717) is 11.4 Å². The molecule has 9 nitrogen and oxygen atoms in total. The van der Waals surface area contributed by atoms with Gasteiger partial charge in [0.1, 0.15) is 5.82 Å². The summed E-state index contributed by atoms with van der Waals surface area (Å²) in [5.74, 6) is -0.466. The first-order chi connectivity index (χ1) is 14.5. The van der Waals surface area contributed by atoms with Gasteiger partial charge in [-0.1, -0.05) is 36.4 Å². The van der Waals surface area contributed by atoms with Crippen molar-refractivity contribution in [3.05, 3.63) is 71.9 Å². The molecule has 1 heterocycles. The van der Waals surface area contributed by atoms with Gasteiger partial charge >= 0.3 is 0 Å². The average molecular weight is 406 g/mol. The first kappa shape index (κ1) is 20.7. The summed E-state index contributed by atoms with van der Waals surface area (Å²) in [6, 6.07) is 15.8. The summed E-state index contributed by atoms with van der Waals surface area (Å²) in [6.45, 7) is 1.21. The molecular formula is C21H22N6O3. The van der Waals surface area contributed by atoms with E-state index < -0.39 is 11.9 Å². The molecule has 1 aromatic heterocycles. The molecule has 0 radical (unpaired) electrons. The molecule has 6 N–H and O–H groups in total. The van der Waals surface area contributed by atoms with Crippen LogP contribution in [0.3, 0.4) is 0 Å². The number of benzene rings is 2. The fourth-order valence-corrected chi connectivity index (χ4v) is 2.82. The Hall–Kier alpha value is -3.98. The monoisotopic (exact) mass is 406 g/mol. The van der Waals surface area contributed by atoms with Crippen LogP contribution in [-0.2, 0) is 4.79 Å². The highest BCUT2D eigenvalue weighted by Crippen LogP contribution is 2.23. The van der Waals surface area contributed by atoms with E-state index in [2.05, 4.69) is 25.9 Å². The van der Waals surface area contributed by atoms with Crippen LogP contribution in [0.1, 0.15) is 28.9 Å². The fourth-order valence-electron chi connectivity index (χ4n) is 2.82. The average Bonchev–Trinajstić information content (AvgIpc) is 2.72. The van der Waals surface area contributed by atoms with Crippen LogP contribution in [0.25, 0.3) is 0 Å². The molecule has 0 saturated carbocycles. The number of aliphatic hydroxyl groups is 1. The lowest BCUT2D eigenvalue weighted by Crippen LogP contribution is -2.21. The number of nitrogens with zero attached hydrogens (tertiary/aromatic N) is 2. The lowest BCUT2D eigenvalue weighted by Gasteiger charge is -2.19. The Morgan fingerprint density at radius 3 is 2.50 bits per heavy atom.